The molecular weight excluding hydrogens is 432 g/mol. The molecule has 172 valence electrons. The van der Waals surface area contributed by atoms with Crippen molar-refractivity contribution in [3.05, 3.63) is 59.4 Å². The number of alkyl halides is 3. The van der Waals surface area contributed by atoms with Gasteiger partial charge in [0.05, 0.1) is 29.2 Å². The topological polar surface area (TPSA) is 98.7 Å². The van der Waals surface area contributed by atoms with Crippen LogP contribution in [0.4, 0.5) is 28.9 Å². The van der Waals surface area contributed by atoms with Gasteiger partial charge in [-0.15, -0.1) is 0 Å². The Kier molecular flexibility index (Phi) is 6.73. The number of carbonyl (C=O) groups is 2. The van der Waals surface area contributed by atoms with Gasteiger partial charge in [0.15, 0.2) is 0 Å². The van der Waals surface area contributed by atoms with E-state index in [1.165, 1.54) is 0 Å². The van der Waals surface area contributed by atoms with Gasteiger partial charge in [-0.2, -0.15) is 13.2 Å². The van der Waals surface area contributed by atoms with Crippen LogP contribution in [0.3, 0.4) is 0 Å². The summed E-state index contributed by atoms with van der Waals surface area (Å²) < 4.78 is 52.4. The highest BCUT2D eigenvalue weighted by atomic mass is 19.4. The smallest absolute Gasteiger partial charge is 0.416 e. The number of aliphatic hydroxyl groups is 1. The number of aliphatic carboxylic acids is 1. The average molecular weight is 454 g/mol. The molecule has 0 bridgehead atoms. The zero-order valence-electron chi connectivity index (χ0n) is 17.0. The van der Waals surface area contributed by atoms with Gasteiger partial charge in [-0.3, -0.25) is 9.59 Å². The van der Waals surface area contributed by atoms with Crippen LogP contribution in [0, 0.1) is 17.7 Å². The SMILES string of the molecule is CNc1ccc([C@H]2CC(O)CC(C(=O)Nc3ccc(C(F)(F)F)cc3F)C2C(=O)O)cc1. The molecule has 6 nitrogen and oxygen atoms in total. The van der Waals surface area contributed by atoms with Crippen molar-refractivity contribution in [2.75, 3.05) is 17.7 Å². The Bertz CT molecular complexity index is 994. The Morgan fingerprint density at radius 3 is 2.25 bits per heavy atom. The standard InChI is InChI=1S/C22H22F4N2O4/c1-27-13-5-2-11(3-6-13)15-9-14(29)10-16(19(15)21(31)32)20(30)28-18-7-4-12(8-17(18)23)22(24,25)26/h2-8,14-16,19,27,29H,9-10H2,1H3,(H,28,30)(H,31,32)/t14?,15-,16?,19?/m1/s1. The van der Waals surface area contributed by atoms with Crippen LogP contribution in [0.15, 0.2) is 42.5 Å². The fourth-order valence-corrected chi connectivity index (χ4v) is 4.13. The number of anilines is 2. The average Bonchev–Trinajstić information content (AvgIpc) is 2.73. The molecular formula is C22H22F4N2O4. The van der Waals surface area contributed by atoms with E-state index in [0.717, 1.165) is 11.8 Å². The van der Waals surface area contributed by atoms with E-state index in [2.05, 4.69) is 10.6 Å². The molecule has 0 spiro atoms. The van der Waals surface area contributed by atoms with Gasteiger partial charge in [-0.1, -0.05) is 12.1 Å². The molecule has 0 aromatic heterocycles. The van der Waals surface area contributed by atoms with Crippen molar-refractivity contribution in [2.24, 2.45) is 11.8 Å². The summed E-state index contributed by atoms with van der Waals surface area (Å²) in [5, 5.41) is 25.3. The number of carboxylic acids is 1. The van der Waals surface area contributed by atoms with Crippen LogP contribution < -0.4 is 10.6 Å². The Balaban J connectivity index is 1.87. The molecule has 1 amide bonds. The minimum Gasteiger partial charge on any atom is -0.481 e. The van der Waals surface area contributed by atoms with Crippen LogP contribution in [-0.4, -0.2) is 35.2 Å². The third kappa shape index (κ3) is 5.01. The lowest BCUT2D eigenvalue weighted by Gasteiger charge is -2.37. The molecule has 4 N–H and O–H groups in total. The van der Waals surface area contributed by atoms with Crippen molar-refractivity contribution < 1.29 is 37.4 Å². The molecule has 2 aromatic carbocycles. The minimum absolute atomic E-state index is 0.119. The van der Waals surface area contributed by atoms with Crippen molar-refractivity contribution in [3.8, 4) is 0 Å². The number of nitrogens with one attached hydrogen (secondary N) is 2. The summed E-state index contributed by atoms with van der Waals surface area (Å²) in [4.78, 5) is 24.9. The van der Waals surface area contributed by atoms with Crippen molar-refractivity contribution in [3.63, 3.8) is 0 Å². The van der Waals surface area contributed by atoms with Crippen LogP contribution in [0.2, 0.25) is 0 Å². The first-order valence-electron chi connectivity index (χ1n) is 9.87. The predicted molar refractivity (Wildman–Crippen MR) is 109 cm³/mol. The van der Waals surface area contributed by atoms with E-state index in [1.807, 2.05) is 0 Å². The first-order chi connectivity index (χ1) is 15.0. The van der Waals surface area contributed by atoms with Gasteiger partial charge < -0.3 is 20.8 Å². The molecule has 10 heteroatoms. The summed E-state index contributed by atoms with van der Waals surface area (Å²) in [5.41, 5.74) is -0.297. The van der Waals surface area contributed by atoms with Crippen molar-refractivity contribution in [1.82, 2.24) is 0 Å². The van der Waals surface area contributed by atoms with Gasteiger partial charge in [0.1, 0.15) is 5.82 Å². The molecule has 0 heterocycles. The van der Waals surface area contributed by atoms with Crippen LogP contribution in [0.1, 0.15) is 29.9 Å². The Morgan fingerprint density at radius 1 is 1.06 bits per heavy atom. The summed E-state index contributed by atoms with van der Waals surface area (Å²) in [7, 11) is 1.72. The number of aliphatic hydroxyl groups excluding tert-OH is 1. The van der Waals surface area contributed by atoms with Crippen LogP contribution >= 0.6 is 0 Å². The van der Waals surface area contributed by atoms with E-state index >= 15 is 0 Å². The normalized spacial score (nSPS) is 23.4. The molecule has 1 aliphatic carbocycles. The molecule has 3 rings (SSSR count). The second-order valence-corrected chi connectivity index (χ2v) is 7.76. The minimum atomic E-state index is -4.75. The number of carbonyl (C=O) groups excluding carboxylic acids is 1. The van der Waals surface area contributed by atoms with E-state index in [9.17, 15) is 37.4 Å². The number of hydrogen-bond acceptors (Lipinski definition) is 4. The molecule has 1 aliphatic rings. The number of rotatable bonds is 5. The molecule has 0 saturated heterocycles. The summed E-state index contributed by atoms with van der Waals surface area (Å²) in [6.07, 6.45) is -5.78. The fourth-order valence-electron chi connectivity index (χ4n) is 4.13. The highest BCUT2D eigenvalue weighted by Crippen LogP contribution is 2.42. The van der Waals surface area contributed by atoms with Crippen LogP contribution in [0.5, 0.6) is 0 Å². The zero-order valence-corrected chi connectivity index (χ0v) is 17.0. The van der Waals surface area contributed by atoms with Crippen LogP contribution in [-0.2, 0) is 15.8 Å². The van der Waals surface area contributed by atoms with Gasteiger partial charge in [0.25, 0.3) is 0 Å². The first kappa shape index (κ1) is 23.5. The van der Waals surface area contributed by atoms with Gasteiger partial charge in [-0.05, 0) is 48.7 Å². The summed E-state index contributed by atoms with van der Waals surface area (Å²) >= 11 is 0. The molecule has 3 unspecified atom stereocenters. The maximum absolute atomic E-state index is 14.2. The molecule has 1 saturated carbocycles. The molecule has 0 aliphatic heterocycles. The van der Waals surface area contributed by atoms with Crippen molar-refractivity contribution >= 4 is 23.3 Å². The largest absolute Gasteiger partial charge is 0.481 e. The predicted octanol–water partition coefficient (Wildman–Crippen LogP) is 4.08. The van der Waals surface area contributed by atoms with E-state index < -0.39 is 59.0 Å². The number of carboxylic acid groups (broad SMARTS) is 1. The fraction of sp³-hybridized carbons (Fsp3) is 0.364. The van der Waals surface area contributed by atoms with Gasteiger partial charge in [0, 0.05) is 18.7 Å². The van der Waals surface area contributed by atoms with Gasteiger partial charge >= 0.3 is 12.1 Å². The highest BCUT2D eigenvalue weighted by Gasteiger charge is 2.46. The number of halogens is 4. The van der Waals surface area contributed by atoms with Gasteiger partial charge in [-0.25, -0.2) is 4.39 Å². The van der Waals surface area contributed by atoms with E-state index in [4.69, 9.17) is 0 Å². The monoisotopic (exact) mass is 454 g/mol. The second kappa shape index (κ2) is 9.15. The summed E-state index contributed by atoms with van der Waals surface area (Å²) in [6.45, 7) is 0. The lowest BCUT2D eigenvalue weighted by atomic mass is 9.68. The molecule has 1 fully saturated rings. The highest BCUT2D eigenvalue weighted by molar-refractivity contribution is 5.95. The first-order valence-corrected chi connectivity index (χ1v) is 9.87. The van der Waals surface area contributed by atoms with Crippen LogP contribution in [0.25, 0.3) is 0 Å². The lowest BCUT2D eigenvalue weighted by molar-refractivity contribution is -0.150. The van der Waals surface area contributed by atoms with Crippen molar-refractivity contribution in [1.29, 1.82) is 0 Å². The number of benzene rings is 2. The molecule has 0 radical (unpaired) electrons. The van der Waals surface area contributed by atoms with E-state index in [-0.39, 0.29) is 18.9 Å². The summed E-state index contributed by atoms with van der Waals surface area (Å²) in [5.74, 6) is -6.55. The van der Waals surface area contributed by atoms with Crippen molar-refractivity contribution in [2.45, 2.75) is 31.0 Å². The number of hydrogen-bond donors (Lipinski definition) is 4. The Hall–Kier alpha value is -3.14. The number of amides is 1. The Labute approximate surface area is 181 Å². The maximum Gasteiger partial charge on any atom is 0.416 e. The second-order valence-electron chi connectivity index (χ2n) is 7.76. The third-order valence-corrected chi connectivity index (χ3v) is 5.72. The Morgan fingerprint density at radius 2 is 1.72 bits per heavy atom. The lowest BCUT2D eigenvalue weighted by Crippen LogP contribution is -2.44. The third-order valence-electron chi connectivity index (χ3n) is 5.72. The van der Waals surface area contributed by atoms with Gasteiger partial charge in [0.2, 0.25) is 5.91 Å². The van der Waals surface area contributed by atoms with E-state index in [1.54, 1.807) is 31.3 Å². The summed E-state index contributed by atoms with van der Waals surface area (Å²) in [6, 6.07) is 8.54. The van der Waals surface area contributed by atoms with E-state index in [0.29, 0.717) is 11.6 Å². The zero-order chi connectivity index (χ0) is 23.6. The molecule has 2 aromatic rings. The molecule has 4 atom stereocenters. The maximum atomic E-state index is 14.2. The quantitative estimate of drug-likeness (QED) is 0.511. The molecule has 32 heavy (non-hydrogen) atoms.